The molecule has 0 aliphatic heterocycles. The van der Waals surface area contributed by atoms with Gasteiger partial charge in [-0.3, -0.25) is 9.59 Å². The average molecular weight is 399 g/mol. The van der Waals surface area contributed by atoms with Crippen LogP contribution in [0, 0.1) is 6.92 Å². The van der Waals surface area contributed by atoms with Gasteiger partial charge in [0.1, 0.15) is 6.04 Å². The molecule has 9 nitrogen and oxygen atoms in total. The van der Waals surface area contributed by atoms with Gasteiger partial charge in [0.25, 0.3) is 5.91 Å². The lowest BCUT2D eigenvalue weighted by molar-refractivity contribution is -0.141. The number of carboxylic acid groups (broad SMARTS) is 1. The minimum Gasteiger partial charge on any atom is -0.480 e. The molecule has 1 atom stereocenters. The molecule has 0 aliphatic rings. The molecular formula is C17H25N3O6S. The average Bonchev–Trinajstić information content (AvgIpc) is 2.57. The normalized spacial score (nSPS) is 12.3. The van der Waals surface area contributed by atoms with Gasteiger partial charge in [-0.05, 0) is 31.5 Å². The zero-order chi connectivity index (χ0) is 20.8. The van der Waals surface area contributed by atoms with Crippen LogP contribution in [0.25, 0.3) is 0 Å². The van der Waals surface area contributed by atoms with Crippen molar-refractivity contribution in [3.63, 3.8) is 0 Å². The number of nitrogens with one attached hydrogen (secondary N) is 2. The number of aliphatic carboxylic acids is 1. The molecule has 1 rings (SSSR count). The molecule has 0 saturated carbocycles. The summed E-state index contributed by atoms with van der Waals surface area (Å²) in [6, 6.07) is 2.95. The molecule has 0 aliphatic carbocycles. The van der Waals surface area contributed by atoms with E-state index < -0.39 is 27.9 Å². The standard InChI is InChI=1S/C17H25N3O6S/c1-5-19-27(25,26)14-7-6-11(2)15(10-14)16(22)20(12(3)17(23)24)9-8-18-13(4)21/h6-7,10,12,19H,5,8-9H2,1-4H3,(H,18,21)(H,23,24). The second kappa shape index (κ2) is 9.47. The fraction of sp³-hybridized carbons (Fsp3) is 0.471. The second-order valence-corrected chi connectivity index (χ2v) is 7.74. The number of carboxylic acids is 1. The van der Waals surface area contributed by atoms with Crippen molar-refractivity contribution in [1.82, 2.24) is 14.9 Å². The number of nitrogens with zero attached hydrogens (tertiary/aromatic N) is 1. The highest BCUT2D eigenvalue weighted by Crippen LogP contribution is 2.18. The van der Waals surface area contributed by atoms with Crippen LogP contribution in [0.4, 0.5) is 0 Å². The fourth-order valence-electron chi connectivity index (χ4n) is 2.38. The first-order valence-electron chi connectivity index (χ1n) is 8.39. The zero-order valence-electron chi connectivity index (χ0n) is 15.8. The van der Waals surface area contributed by atoms with Crippen LogP contribution in [-0.4, -0.2) is 61.9 Å². The second-order valence-electron chi connectivity index (χ2n) is 5.97. The lowest BCUT2D eigenvalue weighted by Gasteiger charge is -2.27. The molecule has 0 saturated heterocycles. The molecule has 1 aromatic carbocycles. The van der Waals surface area contributed by atoms with Crippen LogP contribution in [0.1, 0.15) is 36.7 Å². The first kappa shape index (κ1) is 22.6. The van der Waals surface area contributed by atoms with Crippen LogP contribution in [0.15, 0.2) is 23.1 Å². The molecule has 1 aromatic rings. The molecule has 2 amide bonds. The maximum Gasteiger partial charge on any atom is 0.326 e. The van der Waals surface area contributed by atoms with E-state index in [1.807, 2.05) is 0 Å². The maximum atomic E-state index is 13.0. The number of hydrogen-bond donors (Lipinski definition) is 3. The van der Waals surface area contributed by atoms with E-state index in [4.69, 9.17) is 0 Å². The number of aryl methyl sites for hydroxylation is 1. The van der Waals surface area contributed by atoms with Crippen molar-refractivity contribution in [3.8, 4) is 0 Å². The summed E-state index contributed by atoms with van der Waals surface area (Å²) in [5.74, 6) is -2.14. The van der Waals surface area contributed by atoms with E-state index >= 15 is 0 Å². The number of benzene rings is 1. The van der Waals surface area contributed by atoms with Gasteiger partial charge in [0.05, 0.1) is 4.90 Å². The highest BCUT2D eigenvalue weighted by molar-refractivity contribution is 7.89. The van der Waals surface area contributed by atoms with Gasteiger partial charge >= 0.3 is 5.97 Å². The summed E-state index contributed by atoms with van der Waals surface area (Å²) in [5.41, 5.74) is 0.600. The number of carbonyl (C=O) groups excluding carboxylic acids is 2. The Morgan fingerprint density at radius 3 is 2.41 bits per heavy atom. The van der Waals surface area contributed by atoms with Gasteiger partial charge < -0.3 is 15.3 Å². The summed E-state index contributed by atoms with van der Waals surface area (Å²) in [4.78, 5) is 36.4. The van der Waals surface area contributed by atoms with E-state index in [0.29, 0.717) is 5.56 Å². The molecule has 0 radical (unpaired) electrons. The molecule has 0 spiro atoms. The molecule has 0 fully saturated rings. The molecule has 3 N–H and O–H groups in total. The van der Waals surface area contributed by atoms with Gasteiger partial charge in [-0.1, -0.05) is 13.0 Å². The van der Waals surface area contributed by atoms with Gasteiger partial charge in [-0.2, -0.15) is 0 Å². The molecule has 0 aromatic heterocycles. The summed E-state index contributed by atoms with van der Waals surface area (Å²) < 4.78 is 26.7. The largest absolute Gasteiger partial charge is 0.480 e. The van der Waals surface area contributed by atoms with E-state index in [1.54, 1.807) is 13.8 Å². The van der Waals surface area contributed by atoms with Crippen LogP contribution < -0.4 is 10.0 Å². The van der Waals surface area contributed by atoms with E-state index in [-0.39, 0.29) is 36.0 Å². The Labute approximate surface area is 158 Å². The number of sulfonamides is 1. The topological polar surface area (TPSA) is 133 Å². The van der Waals surface area contributed by atoms with E-state index in [0.717, 1.165) is 4.90 Å². The zero-order valence-corrected chi connectivity index (χ0v) is 16.6. The smallest absolute Gasteiger partial charge is 0.326 e. The van der Waals surface area contributed by atoms with Gasteiger partial charge in [0.15, 0.2) is 0 Å². The van der Waals surface area contributed by atoms with Crippen molar-refractivity contribution in [2.24, 2.45) is 0 Å². The Morgan fingerprint density at radius 1 is 1.26 bits per heavy atom. The third-order valence-electron chi connectivity index (χ3n) is 3.90. The highest BCUT2D eigenvalue weighted by atomic mass is 32.2. The van der Waals surface area contributed by atoms with Crippen molar-refractivity contribution in [2.45, 2.75) is 38.6 Å². The Bertz CT molecular complexity index is 822. The Kier molecular flexibility index (Phi) is 7.92. The highest BCUT2D eigenvalue weighted by Gasteiger charge is 2.28. The van der Waals surface area contributed by atoms with Crippen molar-refractivity contribution < 1.29 is 27.9 Å². The van der Waals surface area contributed by atoms with Crippen molar-refractivity contribution >= 4 is 27.8 Å². The number of amides is 2. The van der Waals surface area contributed by atoms with Gasteiger partial charge in [-0.15, -0.1) is 0 Å². The van der Waals surface area contributed by atoms with Crippen LogP contribution in [-0.2, 0) is 19.6 Å². The monoisotopic (exact) mass is 399 g/mol. The van der Waals surface area contributed by atoms with Gasteiger partial charge in [0, 0.05) is 32.1 Å². The van der Waals surface area contributed by atoms with Gasteiger partial charge in [-0.25, -0.2) is 17.9 Å². The molecule has 10 heteroatoms. The lowest BCUT2D eigenvalue weighted by atomic mass is 10.1. The lowest BCUT2D eigenvalue weighted by Crippen LogP contribution is -2.47. The molecule has 1 unspecified atom stereocenters. The maximum absolute atomic E-state index is 13.0. The predicted molar refractivity (Wildman–Crippen MR) is 98.9 cm³/mol. The van der Waals surface area contributed by atoms with Crippen LogP contribution in [0.3, 0.4) is 0 Å². The predicted octanol–water partition coefficient (Wildman–Crippen LogP) is 0.345. The number of carbonyl (C=O) groups is 3. The number of hydrogen-bond acceptors (Lipinski definition) is 5. The first-order chi connectivity index (χ1) is 12.5. The van der Waals surface area contributed by atoms with Crippen LogP contribution in [0.5, 0.6) is 0 Å². The molecular weight excluding hydrogens is 374 g/mol. The van der Waals surface area contributed by atoms with Crippen molar-refractivity contribution in [1.29, 1.82) is 0 Å². The minimum atomic E-state index is -3.77. The van der Waals surface area contributed by atoms with E-state index in [9.17, 15) is 27.9 Å². The fourth-order valence-corrected chi connectivity index (χ4v) is 3.45. The van der Waals surface area contributed by atoms with Crippen molar-refractivity contribution in [2.75, 3.05) is 19.6 Å². The Balaban J connectivity index is 3.27. The van der Waals surface area contributed by atoms with E-state index in [2.05, 4.69) is 10.0 Å². The Morgan fingerprint density at radius 2 is 1.89 bits per heavy atom. The molecule has 150 valence electrons. The van der Waals surface area contributed by atoms with Crippen LogP contribution >= 0.6 is 0 Å². The van der Waals surface area contributed by atoms with Gasteiger partial charge in [0.2, 0.25) is 15.9 Å². The van der Waals surface area contributed by atoms with E-state index in [1.165, 1.54) is 32.0 Å². The molecule has 0 heterocycles. The summed E-state index contributed by atoms with van der Waals surface area (Å²) in [7, 11) is -3.77. The van der Waals surface area contributed by atoms with Crippen molar-refractivity contribution in [3.05, 3.63) is 29.3 Å². The Hall–Kier alpha value is -2.46. The number of rotatable bonds is 9. The SMILES string of the molecule is CCNS(=O)(=O)c1ccc(C)c(C(=O)N(CCNC(C)=O)C(C)C(=O)O)c1. The molecule has 0 bridgehead atoms. The summed E-state index contributed by atoms with van der Waals surface area (Å²) >= 11 is 0. The quantitative estimate of drug-likeness (QED) is 0.549. The molecule has 27 heavy (non-hydrogen) atoms. The first-order valence-corrected chi connectivity index (χ1v) is 9.88. The third kappa shape index (κ3) is 6.04. The third-order valence-corrected chi connectivity index (χ3v) is 5.44. The minimum absolute atomic E-state index is 0.0322. The summed E-state index contributed by atoms with van der Waals surface area (Å²) in [6.07, 6.45) is 0. The summed E-state index contributed by atoms with van der Waals surface area (Å²) in [5, 5.41) is 11.8. The van der Waals surface area contributed by atoms with Crippen LogP contribution in [0.2, 0.25) is 0 Å². The summed E-state index contributed by atoms with van der Waals surface area (Å²) in [6.45, 7) is 6.17.